The van der Waals surface area contributed by atoms with Crippen molar-refractivity contribution in [2.75, 3.05) is 26.2 Å². The van der Waals surface area contributed by atoms with Crippen LogP contribution in [0.1, 0.15) is 24.8 Å². The molecular weight excluding hydrogens is 248 g/mol. The van der Waals surface area contributed by atoms with Gasteiger partial charge in [-0.15, -0.1) is 0 Å². The predicted molar refractivity (Wildman–Crippen MR) is 81.9 cm³/mol. The molecule has 0 bridgehead atoms. The Kier molecular flexibility index (Phi) is 3.03. The van der Waals surface area contributed by atoms with Crippen LogP contribution in [0, 0.1) is 0 Å². The zero-order valence-corrected chi connectivity index (χ0v) is 11.7. The Bertz CT molecular complexity index is 557. The molecule has 4 rings (SSSR count). The topological polar surface area (TPSA) is 31.2 Å². The summed E-state index contributed by atoms with van der Waals surface area (Å²) < 4.78 is 0. The van der Waals surface area contributed by atoms with Gasteiger partial charge in [0.2, 0.25) is 0 Å². The van der Waals surface area contributed by atoms with Crippen molar-refractivity contribution in [2.45, 2.75) is 25.3 Å². The van der Waals surface area contributed by atoms with Crippen LogP contribution < -0.4 is 0 Å². The minimum absolute atomic E-state index is 0.390. The summed E-state index contributed by atoms with van der Waals surface area (Å²) >= 11 is 0. The lowest BCUT2D eigenvalue weighted by Gasteiger charge is -2.28. The second kappa shape index (κ2) is 5.02. The maximum absolute atomic E-state index is 4.96. The number of benzene rings is 1. The molecule has 104 valence electrons. The average Bonchev–Trinajstić information content (AvgIpc) is 2.91. The van der Waals surface area contributed by atoms with Gasteiger partial charge in [0, 0.05) is 18.7 Å². The fourth-order valence-corrected chi connectivity index (χ4v) is 3.37. The molecule has 1 unspecified atom stereocenters. The Morgan fingerprint density at radius 3 is 2.85 bits per heavy atom. The van der Waals surface area contributed by atoms with Gasteiger partial charge in [0.1, 0.15) is 5.84 Å². The molecule has 0 aromatic heterocycles. The molecule has 1 aromatic rings. The quantitative estimate of drug-likeness (QED) is 0.824. The molecule has 0 saturated carbocycles. The van der Waals surface area contributed by atoms with Crippen LogP contribution in [0.5, 0.6) is 0 Å². The third-order valence-corrected chi connectivity index (χ3v) is 4.38. The highest BCUT2D eigenvalue weighted by Gasteiger charge is 2.30. The van der Waals surface area contributed by atoms with Crippen molar-refractivity contribution in [3.63, 3.8) is 0 Å². The molecule has 4 heteroatoms. The number of hydrogen-bond acceptors (Lipinski definition) is 4. The first-order valence-electron chi connectivity index (χ1n) is 7.60. The normalized spacial score (nSPS) is 25.3. The van der Waals surface area contributed by atoms with Crippen molar-refractivity contribution in [2.24, 2.45) is 9.98 Å². The molecule has 3 aliphatic rings. The maximum atomic E-state index is 4.96. The molecule has 20 heavy (non-hydrogen) atoms. The van der Waals surface area contributed by atoms with Crippen molar-refractivity contribution in [3.05, 3.63) is 29.8 Å². The highest BCUT2D eigenvalue weighted by Crippen LogP contribution is 2.27. The highest BCUT2D eigenvalue weighted by molar-refractivity contribution is 6.11. The summed E-state index contributed by atoms with van der Waals surface area (Å²) in [6.45, 7) is 4.55. The van der Waals surface area contributed by atoms with Crippen LogP contribution in [0.4, 0.5) is 5.69 Å². The summed E-state index contributed by atoms with van der Waals surface area (Å²) in [7, 11) is 0. The molecule has 1 saturated heterocycles. The second-order valence-corrected chi connectivity index (χ2v) is 5.88. The number of para-hydroxylation sites is 1. The number of piperidine rings is 1. The SMILES string of the molecule is C1=Nc2ccccc2C2=NC(CN3CCCCC3)CN12. The molecule has 4 nitrogen and oxygen atoms in total. The number of amidine groups is 1. The van der Waals surface area contributed by atoms with E-state index in [9.17, 15) is 0 Å². The zero-order chi connectivity index (χ0) is 13.4. The molecule has 3 aliphatic heterocycles. The lowest BCUT2D eigenvalue weighted by molar-refractivity contribution is 0.216. The van der Waals surface area contributed by atoms with E-state index in [0.717, 1.165) is 24.6 Å². The van der Waals surface area contributed by atoms with Crippen molar-refractivity contribution in [3.8, 4) is 0 Å². The summed E-state index contributed by atoms with van der Waals surface area (Å²) in [4.78, 5) is 14.3. The molecule has 1 aromatic carbocycles. The van der Waals surface area contributed by atoms with Gasteiger partial charge in [0.25, 0.3) is 0 Å². The molecule has 1 fully saturated rings. The molecular formula is C16H20N4. The minimum Gasteiger partial charge on any atom is -0.315 e. The smallest absolute Gasteiger partial charge is 0.138 e. The van der Waals surface area contributed by atoms with Crippen LogP contribution in [0.25, 0.3) is 0 Å². The number of likely N-dealkylation sites (tertiary alicyclic amines) is 1. The van der Waals surface area contributed by atoms with E-state index < -0.39 is 0 Å². The first-order valence-corrected chi connectivity index (χ1v) is 7.60. The summed E-state index contributed by atoms with van der Waals surface area (Å²) in [6, 6.07) is 8.68. The van der Waals surface area contributed by atoms with Crippen LogP contribution in [-0.2, 0) is 0 Å². The average molecular weight is 268 g/mol. The monoisotopic (exact) mass is 268 g/mol. The summed E-state index contributed by atoms with van der Waals surface area (Å²) in [5.74, 6) is 1.11. The van der Waals surface area contributed by atoms with Crippen molar-refractivity contribution < 1.29 is 0 Å². The van der Waals surface area contributed by atoms with Crippen molar-refractivity contribution >= 4 is 17.9 Å². The molecule has 0 radical (unpaired) electrons. The number of hydrogen-bond donors (Lipinski definition) is 0. The van der Waals surface area contributed by atoms with E-state index in [0.29, 0.717) is 6.04 Å². The second-order valence-electron chi connectivity index (χ2n) is 5.88. The molecule has 0 amide bonds. The van der Waals surface area contributed by atoms with Crippen LogP contribution in [-0.4, -0.2) is 54.2 Å². The number of aliphatic imine (C=N–C) groups is 2. The van der Waals surface area contributed by atoms with Crippen LogP contribution in [0.2, 0.25) is 0 Å². The number of rotatable bonds is 2. The molecule has 3 heterocycles. The number of nitrogens with zero attached hydrogens (tertiary/aromatic N) is 4. The van der Waals surface area contributed by atoms with Gasteiger partial charge >= 0.3 is 0 Å². The summed E-state index contributed by atoms with van der Waals surface area (Å²) in [6.07, 6.45) is 6.02. The van der Waals surface area contributed by atoms with E-state index in [1.807, 2.05) is 12.4 Å². The lowest BCUT2D eigenvalue weighted by Crippen LogP contribution is -2.38. The van der Waals surface area contributed by atoms with Crippen molar-refractivity contribution in [1.82, 2.24) is 9.80 Å². The van der Waals surface area contributed by atoms with E-state index in [1.165, 1.54) is 37.9 Å². The molecule has 0 aliphatic carbocycles. The van der Waals surface area contributed by atoms with Gasteiger partial charge in [-0.05, 0) is 38.1 Å². The number of fused-ring (bicyclic) bond motifs is 3. The first-order chi connectivity index (χ1) is 9.90. The van der Waals surface area contributed by atoms with E-state index in [2.05, 4.69) is 33.0 Å². The fraction of sp³-hybridized carbons (Fsp3) is 0.500. The molecule has 1 atom stereocenters. The largest absolute Gasteiger partial charge is 0.315 e. The fourth-order valence-electron chi connectivity index (χ4n) is 3.37. The van der Waals surface area contributed by atoms with Gasteiger partial charge in [-0.2, -0.15) is 0 Å². The lowest BCUT2D eigenvalue weighted by atomic mass is 10.1. The Labute approximate surface area is 119 Å². The van der Waals surface area contributed by atoms with Gasteiger partial charge in [0.15, 0.2) is 0 Å². The van der Waals surface area contributed by atoms with Crippen LogP contribution >= 0.6 is 0 Å². The Hall–Kier alpha value is -1.68. The van der Waals surface area contributed by atoms with E-state index in [4.69, 9.17) is 4.99 Å². The molecule has 0 N–H and O–H groups in total. The van der Waals surface area contributed by atoms with Crippen LogP contribution in [0.3, 0.4) is 0 Å². The third kappa shape index (κ3) is 2.14. The van der Waals surface area contributed by atoms with Gasteiger partial charge in [-0.3, -0.25) is 4.99 Å². The minimum atomic E-state index is 0.390. The summed E-state index contributed by atoms with van der Waals surface area (Å²) in [5, 5.41) is 0. The zero-order valence-electron chi connectivity index (χ0n) is 11.7. The van der Waals surface area contributed by atoms with E-state index >= 15 is 0 Å². The Morgan fingerprint density at radius 1 is 1.10 bits per heavy atom. The standard InChI is InChI=1S/C16H20N4/c1-4-8-19(9-5-1)10-13-11-20-12-17-15-7-3-2-6-14(15)16(20)18-13/h2-3,6-7,12-13H,1,4-5,8-11H2. The van der Waals surface area contributed by atoms with Gasteiger partial charge in [-0.1, -0.05) is 18.6 Å². The van der Waals surface area contributed by atoms with Gasteiger partial charge in [0.05, 0.1) is 18.1 Å². The van der Waals surface area contributed by atoms with Crippen LogP contribution in [0.15, 0.2) is 34.3 Å². The Morgan fingerprint density at radius 2 is 1.95 bits per heavy atom. The van der Waals surface area contributed by atoms with Crippen molar-refractivity contribution in [1.29, 1.82) is 0 Å². The van der Waals surface area contributed by atoms with Gasteiger partial charge in [-0.25, -0.2) is 4.99 Å². The third-order valence-electron chi connectivity index (χ3n) is 4.38. The predicted octanol–water partition coefficient (Wildman–Crippen LogP) is 2.28. The van der Waals surface area contributed by atoms with E-state index in [1.54, 1.807) is 0 Å². The molecule has 0 spiro atoms. The van der Waals surface area contributed by atoms with E-state index in [-0.39, 0.29) is 0 Å². The van der Waals surface area contributed by atoms with Gasteiger partial charge < -0.3 is 9.80 Å². The maximum Gasteiger partial charge on any atom is 0.138 e. The first kappa shape index (κ1) is 12.1. The Balaban J connectivity index is 1.54. The highest BCUT2D eigenvalue weighted by atomic mass is 15.3. The summed E-state index contributed by atoms with van der Waals surface area (Å²) in [5.41, 5.74) is 2.22.